The molecular formula is C15H17N3O4S. The molecule has 0 unspecified atom stereocenters. The van der Waals surface area contributed by atoms with Crippen LogP contribution in [0.2, 0.25) is 0 Å². The lowest BCUT2D eigenvalue weighted by molar-refractivity contribution is -0.384. The van der Waals surface area contributed by atoms with Gasteiger partial charge in [-0.05, 0) is 30.4 Å². The van der Waals surface area contributed by atoms with Crippen molar-refractivity contribution in [3.8, 4) is 0 Å². The van der Waals surface area contributed by atoms with Crippen molar-refractivity contribution in [2.75, 3.05) is 0 Å². The lowest BCUT2D eigenvalue weighted by Gasteiger charge is -2.00. The van der Waals surface area contributed by atoms with Crippen molar-refractivity contribution >= 4 is 39.9 Å². The van der Waals surface area contributed by atoms with Gasteiger partial charge < -0.3 is 0 Å². The largest absolute Gasteiger partial charge is 0.273 e. The average Bonchev–Trinajstić information content (AvgIpc) is 2.86. The summed E-state index contributed by atoms with van der Waals surface area (Å²) in [6.07, 6.45) is 2.02. The van der Waals surface area contributed by atoms with Crippen molar-refractivity contribution in [2.45, 2.75) is 39.5 Å². The van der Waals surface area contributed by atoms with Crippen LogP contribution in [-0.4, -0.2) is 20.7 Å². The molecule has 1 aromatic heterocycles. The number of carbonyl (C=O) groups excluding carboxylic acids is 2. The van der Waals surface area contributed by atoms with E-state index in [9.17, 15) is 19.7 Å². The highest BCUT2D eigenvalue weighted by Gasteiger charge is 2.16. The van der Waals surface area contributed by atoms with Crippen LogP contribution in [0.1, 0.15) is 44.3 Å². The standard InChI is InChI=1S/C15H17N3O4S/c1-3-5-13(19)16-15-11-9-10(18(21)22)7-8-12(11)17(23-15)14(20)6-4-2/h7-9H,3-6H2,1-2H3. The van der Waals surface area contributed by atoms with Gasteiger partial charge in [0.1, 0.15) is 4.67 Å². The highest BCUT2D eigenvalue weighted by atomic mass is 32.1. The molecule has 0 N–H and O–H groups in total. The van der Waals surface area contributed by atoms with E-state index < -0.39 is 4.92 Å². The third-order valence-electron chi connectivity index (χ3n) is 3.20. The molecule has 7 nitrogen and oxygen atoms in total. The van der Waals surface area contributed by atoms with Crippen molar-refractivity contribution in [1.29, 1.82) is 0 Å². The Labute approximate surface area is 136 Å². The van der Waals surface area contributed by atoms with E-state index in [1.807, 2.05) is 13.8 Å². The number of nitro benzene ring substituents is 1. The van der Waals surface area contributed by atoms with E-state index in [1.165, 1.54) is 22.2 Å². The fraction of sp³-hybridized carbons (Fsp3) is 0.400. The van der Waals surface area contributed by atoms with Gasteiger partial charge in [-0.15, -0.1) is 0 Å². The molecule has 0 fully saturated rings. The molecule has 0 radical (unpaired) electrons. The molecule has 2 aromatic rings. The lowest BCUT2D eigenvalue weighted by Crippen LogP contribution is -2.07. The second-order valence-corrected chi connectivity index (χ2v) is 5.98. The second kappa shape index (κ2) is 7.28. The van der Waals surface area contributed by atoms with Crippen LogP contribution in [0.25, 0.3) is 10.9 Å². The third kappa shape index (κ3) is 3.70. The number of hydrogen-bond donors (Lipinski definition) is 0. The Morgan fingerprint density at radius 3 is 2.57 bits per heavy atom. The van der Waals surface area contributed by atoms with E-state index >= 15 is 0 Å². The Hall–Kier alpha value is -2.35. The van der Waals surface area contributed by atoms with Gasteiger partial charge in [0.15, 0.2) is 0 Å². The van der Waals surface area contributed by atoms with Gasteiger partial charge in [0.25, 0.3) is 5.69 Å². The molecule has 0 bridgehead atoms. The minimum Gasteiger partial charge on any atom is -0.273 e. The fourth-order valence-corrected chi connectivity index (χ4v) is 3.16. The van der Waals surface area contributed by atoms with Crippen LogP contribution >= 0.6 is 11.5 Å². The molecule has 0 saturated carbocycles. The van der Waals surface area contributed by atoms with Crippen molar-refractivity contribution in [3.05, 3.63) is 33.0 Å². The molecule has 1 aromatic carbocycles. The first-order valence-electron chi connectivity index (χ1n) is 7.39. The van der Waals surface area contributed by atoms with Crippen LogP contribution in [0, 0.1) is 10.1 Å². The van der Waals surface area contributed by atoms with E-state index in [-0.39, 0.29) is 17.5 Å². The van der Waals surface area contributed by atoms with Crippen LogP contribution in [-0.2, 0) is 4.79 Å². The van der Waals surface area contributed by atoms with Crippen LogP contribution in [0.5, 0.6) is 0 Å². The van der Waals surface area contributed by atoms with Gasteiger partial charge in [-0.2, -0.15) is 0 Å². The molecule has 0 aliphatic carbocycles. The number of nitro groups is 1. The third-order valence-corrected chi connectivity index (χ3v) is 4.27. The molecule has 1 amide bonds. The molecule has 0 saturated heterocycles. The summed E-state index contributed by atoms with van der Waals surface area (Å²) in [7, 11) is 0. The monoisotopic (exact) mass is 335 g/mol. The predicted octanol–water partition coefficient (Wildman–Crippen LogP) is 3.28. The molecular weight excluding hydrogens is 318 g/mol. The molecule has 23 heavy (non-hydrogen) atoms. The van der Waals surface area contributed by atoms with Crippen molar-refractivity contribution < 1.29 is 14.5 Å². The summed E-state index contributed by atoms with van der Waals surface area (Å²) in [5.74, 6) is -0.405. The maximum atomic E-state index is 12.2. The summed E-state index contributed by atoms with van der Waals surface area (Å²) in [6, 6.07) is 4.24. The number of hydrogen-bond acceptors (Lipinski definition) is 5. The smallest absolute Gasteiger partial charge is 0.270 e. The van der Waals surface area contributed by atoms with Gasteiger partial charge in [0, 0.05) is 30.4 Å². The summed E-state index contributed by atoms with van der Waals surface area (Å²) < 4.78 is 1.80. The topological polar surface area (TPSA) is 94.6 Å². The fourth-order valence-electron chi connectivity index (χ4n) is 2.14. The molecule has 2 rings (SSSR count). The molecule has 1 heterocycles. The average molecular weight is 335 g/mol. The van der Waals surface area contributed by atoms with E-state index in [4.69, 9.17) is 0 Å². The van der Waals surface area contributed by atoms with E-state index in [0.717, 1.165) is 11.5 Å². The van der Waals surface area contributed by atoms with E-state index in [1.54, 1.807) is 0 Å². The number of benzene rings is 1. The maximum Gasteiger partial charge on any atom is 0.270 e. The minimum absolute atomic E-state index is 0.0928. The van der Waals surface area contributed by atoms with Gasteiger partial charge in [0.2, 0.25) is 11.8 Å². The summed E-state index contributed by atoms with van der Waals surface area (Å²) in [6.45, 7) is 3.77. The Bertz CT molecular complexity index is 835. The summed E-state index contributed by atoms with van der Waals surface area (Å²) >= 11 is 1.05. The lowest BCUT2D eigenvalue weighted by atomic mass is 10.2. The first-order valence-corrected chi connectivity index (χ1v) is 8.16. The van der Waals surface area contributed by atoms with Gasteiger partial charge in [0.05, 0.1) is 10.4 Å². The maximum absolute atomic E-state index is 12.2. The van der Waals surface area contributed by atoms with E-state index in [2.05, 4.69) is 4.99 Å². The zero-order chi connectivity index (χ0) is 17.0. The Morgan fingerprint density at radius 2 is 1.96 bits per heavy atom. The second-order valence-electron chi connectivity index (χ2n) is 5.05. The first kappa shape index (κ1) is 17.0. The predicted molar refractivity (Wildman–Crippen MR) is 87.5 cm³/mol. The Morgan fingerprint density at radius 1 is 1.26 bits per heavy atom. The molecule has 0 aliphatic heterocycles. The van der Waals surface area contributed by atoms with Crippen molar-refractivity contribution in [3.63, 3.8) is 0 Å². The zero-order valence-electron chi connectivity index (χ0n) is 12.9. The van der Waals surface area contributed by atoms with Gasteiger partial charge >= 0.3 is 0 Å². The van der Waals surface area contributed by atoms with Crippen molar-refractivity contribution in [2.24, 2.45) is 4.99 Å². The van der Waals surface area contributed by atoms with Gasteiger partial charge in [-0.25, -0.2) is 8.95 Å². The Kier molecular flexibility index (Phi) is 5.38. The molecule has 0 spiro atoms. The normalized spacial score (nSPS) is 11.8. The molecule has 122 valence electrons. The minimum atomic E-state index is -0.507. The number of carbonyl (C=O) groups is 2. The first-order chi connectivity index (χ1) is 11.0. The number of fused-ring (bicyclic) bond motifs is 1. The number of amides is 1. The van der Waals surface area contributed by atoms with Crippen LogP contribution < -0.4 is 4.67 Å². The van der Waals surface area contributed by atoms with Crippen LogP contribution in [0.15, 0.2) is 23.2 Å². The highest BCUT2D eigenvalue weighted by Crippen LogP contribution is 2.21. The van der Waals surface area contributed by atoms with Gasteiger partial charge in [-0.3, -0.25) is 19.7 Å². The van der Waals surface area contributed by atoms with Crippen molar-refractivity contribution in [1.82, 2.24) is 3.96 Å². The zero-order valence-corrected chi connectivity index (χ0v) is 13.8. The quantitative estimate of drug-likeness (QED) is 0.619. The number of nitrogens with zero attached hydrogens (tertiary/aromatic N) is 3. The number of non-ortho nitro benzene ring substituents is 1. The van der Waals surface area contributed by atoms with Crippen LogP contribution in [0.4, 0.5) is 5.69 Å². The highest BCUT2D eigenvalue weighted by molar-refractivity contribution is 7.06. The number of aromatic nitrogens is 1. The SMILES string of the molecule is CCCC(=O)N=c1sn(C(=O)CCC)c2ccc([N+](=O)[O-])cc12. The molecule has 0 aliphatic rings. The van der Waals surface area contributed by atoms with Crippen LogP contribution in [0.3, 0.4) is 0 Å². The molecule has 0 atom stereocenters. The summed E-state index contributed by atoms with van der Waals surface area (Å²) in [5, 5.41) is 11.4. The van der Waals surface area contributed by atoms with E-state index in [0.29, 0.717) is 41.3 Å². The number of rotatable bonds is 5. The Balaban J connectivity index is 2.68. The summed E-state index contributed by atoms with van der Waals surface area (Å²) in [5.41, 5.74) is 0.451. The summed E-state index contributed by atoms with van der Waals surface area (Å²) in [4.78, 5) is 38.5. The molecule has 8 heteroatoms. The van der Waals surface area contributed by atoms with Gasteiger partial charge in [-0.1, -0.05) is 13.8 Å².